The average molecular weight is 244 g/mol. The van der Waals surface area contributed by atoms with E-state index in [1.165, 1.54) is 0 Å². The number of carboxylic acid groups (broad SMARTS) is 1. The van der Waals surface area contributed by atoms with Crippen molar-refractivity contribution in [2.24, 2.45) is 5.92 Å². The van der Waals surface area contributed by atoms with Crippen molar-refractivity contribution < 1.29 is 14.6 Å². The monoisotopic (exact) mass is 244 g/mol. The highest BCUT2D eigenvalue weighted by molar-refractivity contribution is 5.80. The molecule has 0 radical (unpaired) electrons. The summed E-state index contributed by atoms with van der Waals surface area (Å²) in [7, 11) is 3.41. The lowest BCUT2D eigenvalue weighted by Crippen LogP contribution is -2.59. The summed E-state index contributed by atoms with van der Waals surface area (Å²) in [6.45, 7) is 4.84. The quantitative estimate of drug-likeness (QED) is 0.615. The third-order valence-electron chi connectivity index (χ3n) is 3.63. The number of carboxylic acids is 1. The van der Waals surface area contributed by atoms with Gasteiger partial charge in [0.2, 0.25) is 0 Å². The van der Waals surface area contributed by atoms with Gasteiger partial charge in [0, 0.05) is 20.2 Å². The molecule has 0 amide bonds. The average Bonchev–Trinajstić information content (AvgIpc) is 3.14. The maximum absolute atomic E-state index is 11.5. The first-order valence-electron chi connectivity index (χ1n) is 6.24. The lowest BCUT2D eigenvalue weighted by Gasteiger charge is -2.34. The predicted molar refractivity (Wildman–Crippen MR) is 66.1 cm³/mol. The van der Waals surface area contributed by atoms with Gasteiger partial charge in [-0.2, -0.15) is 0 Å². The summed E-state index contributed by atoms with van der Waals surface area (Å²) in [6, 6.07) is 0. The Morgan fingerprint density at radius 2 is 2.24 bits per heavy atom. The van der Waals surface area contributed by atoms with Crippen LogP contribution in [0, 0.1) is 5.92 Å². The Kier molecular flexibility index (Phi) is 5.36. The second-order valence-corrected chi connectivity index (χ2v) is 4.66. The summed E-state index contributed by atoms with van der Waals surface area (Å²) in [5, 5.41) is 12.5. The van der Waals surface area contributed by atoms with E-state index in [-0.39, 0.29) is 5.92 Å². The molecule has 5 nitrogen and oxygen atoms in total. The topological polar surface area (TPSA) is 61.8 Å². The summed E-state index contributed by atoms with van der Waals surface area (Å²) < 4.78 is 5.05. The Bertz CT molecular complexity index is 256. The maximum atomic E-state index is 11.5. The first-order chi connectivity index (χ1) is 8.10. The first-order valence-corrected chi connectivity index (χ1v) is 6.24. The van der Waals surface area contributed by atoms with E-state index in [0.29, 0.717) is 13.2 Å². The second kappa shape index (κ2) is 6.33. The van der Waals surface area contributed by atoms with E-state index in [9.17, 15) is 9.90 Å². The summed E-state index contributed by atoms with van der Waals surface area (Å²) in [5.41, 5.74) is -0.788. The highest BCUT2D eigenvalue weighted by atomic mass is 16.5. The number of aliphatic carboxylic acids is 1. The first kappa shape index (κ1) is 14.4. The van der Waals surface area contributed by atoms with Crippen LogP contribution in [0.3, 0.4) is 0 Å². The van der Waals surface area contributed by atoms with E-state index < -0.39 is 11.5 Å². The van der Waals surface area contributed by atoms with Crippen LogP contribution in [-0.4, -0.2) is 61.9 Å². The van der Waals surface area contributed by atoms with Gasteiger partial charge in [0.25, 0.3) is 0 Å². The van der Waals surface area contributed by atoms with Gasteiger partial charge < -0.3 is 15.2 Å². The predicted octanol–water partition coefficient (Wildman–Crippen LogP) is 0.408. The number of ether oxygens (including phenoxy) is 1. The van der Waals surface area contributed by atoms with Crippen molar-refractivity contribution in [1.29, 1.82) is 0 Å². The van der Waals surface area contributed by atoms with E-state index in [4.69, 9.17) is 4.74 Å². The van der Waals surface area contributed by atoms with Gasteiger partial charge >= 0.3 is 5.97 Å². The fraction of sp³-hybridized carbons (Fsp3) is 0.917. The van der Waals surface area contributed by atoms with Gasteiger partial charge in [-0.25, -0.2) is 0 Å². The molecule has 0 aromatic heterocycles. The molecule has 0 bridgehead atoms. The van der Waals surface area contributed by atoms with E-state index >= 15 is 0 Å². The van der Waals surface area contributed by atoms with Crippen LogP contribution in [0.4, 0.5) is 0 Å². The molecule has 100 valence electrons. The lowest BCUT2D eigenvalue weighted by atomic mass is 9.92. The van der Waals surface area contributed by atoms with Gasteiger partial charge in [-0.1, -0.05) is 6.92 Å². The molecule has 0 spiro atoms. The standard InChI is InChI=1S/C12H24N2O3/c1-4-14(7-8-17-3)9-12(13-2,11(15)16)10-5-6-10/h10,13H,4-9H2,1-3H3,(H,15,16). The molecule has 1 aliphatic carbocycles. The zero-order valence-electron chi connectivity index (χ0n) is 11.0. The minimum absolute atomic E-state index is 0.265. The third-order valence-corrected chi connectivity index (χ3v) is 3.63. The number of carbonyl (C=O) groups is 1. The number of hydrogen-bond donors (Lipinski definition) is 2. The molecule has 0 aromatic rings. The molecule has 1 aliphatic rings. The minimum atomic E-state index is -0.788. The van der Waals surface area contributed by atoms with Gasteiger partial charge in [0.05, 0.1) is 6.61 Å². The van der Waals surface area contributed by atoms with Gasteiger partial charge in [-0.15, -0.1) is 0 Å². The largest absolute Gasteiger partial charge is 0.480 e. The van der Waals surface area contributed by atoms with Crippen LogP contribution in [0.5, 0.6) is 0 Å². The Balaban J connectivity index is 2.66. The summed E-state index contributed by atoms with van der Waals surface area (Å²) in [5.74, 6) is -0.472. The molecular weight excluding hydrogens is 220 g/mol. The normalized spacial score (nSPS) is 19.3. The maximum Gasteiger partial charge on any atom is 0.325 e. The zero-order valence-corrected chi connectivity index (χ0v) is 11.0. The summed E-state index contributed by atoms with van der Waals surface area (Å²) in [4.78, 5) is 13.7. The Morgan fingerprint density at radius 1 is 1.59 bits per heavy atom. The molecule has 0 heterocycles. The van der Waals surface area contributed by atoms with Crippen LogP contribution in [0.25, 0.3) is 0 Å². The van der Waals surface area contributed by atoms with E-state index in [1.807, 2.05) is 6.92 Å². The van der Waals surface area contributed by atoms with Gasteiger partial charge in [-0.05, 0) is 32.4 Å². The third kappa shape index (κ3) is 3.40. The zero-order chi connectivity index (χ0) is 12.9. The van der Waals surface area contributed by atoms with E-state index in [0.717, 1.165) is 25.9 Å². The van der Waals surface area contributed by atoms with Gasteiger partial charge in [-0.3, -0.25) is 9.69 Å². The molecular formula is C12H24N2O3. The fourth-order valence-electron chi connectivity index (χ4n) is 2.26. The molecule has 1 atom stereocenters. The Labute approximate surface area is 103 Å². The van der Waals surface area contributed by atoms with Crippen LogP contribution in [-0.2, 0) is 9.53 Å². The van der Waals surface area contributed by atoms with Gasteiger partial charge in [0.1, 0.15) is 5.54 Å². The van der Waals surface area contributed by atoms with Crippen molar-refractivity contribution in [1.82, 2.24) is 10.2 Å². The highest BCUT2D eigenvalue weighted by Crippen LogP contribution is 2.40. The molecule has 17 heavy (non-hydrogen) atoms. The molecule has 1 fully saturated rings. The molecule has 1 unspecified atom stereocenters. The van der Waals surface area contributed by atoms with Crippen LogP contribution in [0.1, 0.15) is 19.8 Å². The molecule has 5 heteroatoms. The van der Waals surface area contributed by atoms with Crippen molar-refractivity contribution in [3.63, 3.8) is 0 Å². The van der Waals surface area contributed by atoms with Crippen LogP contribution >= 0.6 is 0 Å². The molecule has 0 saturated heterocycles. The number of rotatable bonds is 9. The van der Waals surface area contributed by atoms with Crippen LogP contribution in [0.15, 0.2) is 0 Å². The minimum Gasteiger partial charge on any atom is -0.480 e. The van der Waals surface area contributed by atoms with E-state index in [1.54, 1.807) is 14.2 Å². The number of nitrogens with zero attached hydrogens (tertiary/aromatic N) is 1. The highest BCUT2D eigenvalue weighted by Gasteiger charge is 2.50. The van der Waals surface area contributed by atoms with Crippen LogP contribution in [0.2, 0.25) is 0 Å². The number of methoxy groups -OCH3 is 1. The SMILES string of the molecule is CCN(CCOC)CC(NC)(C(=O)O)C1CC1. The summed E-state index contributed by atoms with van der Waals surface area (Å²) >= 11 is 0. The molecule has 0 aromatic carbocycles. The Morgan fingerprint density at radius 3 is 2.59 bits per heavy atom. The summed E-state index contributed by atoms with van der Waals surface area (Å²) in [6.07, 6.45) is 2.02. The van der Waals surface area contributed by atoms with Crippen molar-refractivity contribution in [2.75, 3.05) is 40.4 Å². The second-order valence-electron chi connectivity index (χ2n) is 4.66. The number of nitrogens with one attached hydrogen (secondary N) is 1. The van der Waals surface area contributed by atoms with Crippen molar-refractivity contribution in [2.45, 2.75) is 25.3 Å². The molecule has 1 rings (SSSR count). The van der Waals surface area contributed by atoms with Crippen LogP contribution < -0.4 is 5.32 Å². The molecule has 0 aliphatic heterocycles. The van der Waals surface area contributed by atoms with Crippen molar-refractivity contribution in [3.8, 4) is 0 Å². The number of likely N-dealkylation sites (N-methyl/N-ethyl adjacent to an activating group) is 2. The fourth-order valence-corrected chi connectivity index (χ4v) is 2.26. The molecule has 1 saturated carbocycles. The molecule has 2 N–H and O–H groups in total. The van der Waals surface area contributed by atoms with E-state index in [2.05, 4.69) is 10.2 Å². The number of hydrogen-bond acceptors (Lipinski definition) is 4. The smallest absolute Gasteiger partial charge is 0.325 e. The Hall–Kier alpha value is -0.650. The lowest BCUT2D eigenvalue weighted by molar-refractivity contribution is -0.146. The van der Waals surface area contributed by atoms with Crippen molar-refractivity contribution in [3.05, 3.63) is 0 Å². The van der Waals surface area contributed by atoms with Gasteiger partial charge in [0.15, 0.2) is 0 Å². The van der Waals surface area contributed by atoms with Crippen molar-refractivity contribution >= 4 is 5.97 Å².